The van der Waals surface area contributed by atoms with E-state index in [1.165, 1.54) is 18.2 Å². The monoisotopic (exact) mass is 260 g/mol. The third-order valence-electron chi connectivity index (χ3n) is 1.17. The number of halogens is 5. The molecule has 0 aromatic heterocycles. The Kier molecular flexibility index (Phi) is 6.12. The van der Waals surface area contributed by atoms with Gasteiger partial charge >= 0.3 is 6.68 Å². The molecular weight excluding hydrogens is 256 g/mol. The number of aromatic hydroxyl groups is 1. The van der Waals surface area contributed by atoms with Crippen LogP contribution < -0.4 is 0 Å². The molecule has 1 aromatic rings. The van der Waals surface area contributed by atoms with Gasteiger partial charge in [0.05, 0.1) is 5.02 Å². The quantitative estimate of drug-likeness (QED) is 0.784. The molecule has 1 N–H and O–H groups in total. The van der Waals surface area contributed by atoms with Crippen LogP contribution in [-0.2, 0) is 0 Å². The normalized spacial score (nSPS) is 9.47. The largest absolute Gasteiger partial charge is 0.506 e. The number of phenolic OH excluding ortho intramolecular Hbond substituents is 1. The number of benzene rings is 1. The molecule has 7 heteroatoms. The first-order valence-corrected chi connectivity index (χ1v) is 4.20. The highest BCUT2D eigenvalue weighted by atomic mass is 35.5. The zero-order chi connectivity index (χ0) is 12.0. The first-order valence-electron chi connectivity index (χ1n) is 3.45. The molecule has 0 saturated carbocycles. The molecule has 0 amide bonds. The molecule has 1 aromatic carbocycles. The first kappa shape index (κ1) is 14.1. The van der Waals surface area contributed by atoms with Crippen molar-refractivity contribution < 1.29 is 23.1 Å². The summed E-state index contributed by atoms with van der Waals surface area (Å²) in [5.41, 5.74) is 0.273. The van der Waals surface area contributed by atoms with Gasteiger partial charge in [-0.25, -0.2) is 0 Å². The molecule has 0 radical (unpaired) electrons. The molecule has 0 aliphatic rings. The summed E-state index contributed by atoms with van der Waals surface area (Å²) in [5.74, 6) is -0.0617. The average Bonchev–Trinajstić information content (AvgIpc) is 2.08. The maximum Gasteiger partial charge on any atom is 0.379 e. The predicted molar refractivity (Wildman–Crippen MR) is 50.4 cm³/mol. The minimum absolute atomic E-state index is 0.0617. The number of hydrogen-bond donors (Lipinski definition) is 1. The van der Waals surface area contributed by atoms with Crippen molar-refractivity contribution >= 4 is 28.4 Å². The Morgan fingerprint density at radius 2 is 1.80 bits per heavy atom. The van der Waals surface area contributed by atoms with Gasteiger partial charge in [-0.3, -0.25) is 4.79 Å². The van der Waals surface area contributed by atoms with Crippen molar-refractivity contribution in [3.63, 3.8) is 0 Å². The summed E-state index contributed by atoms with van der Waals surface area (Å²) >= 11 is 10.6. The number of carbonyl (C=O) groups excluding carboxylic acids is 1. The fourth-order valence-corrected chi connectivity index (χ4v) is 0.927. The molecule has 1 rings (SSSR count). The number of rotatable bonds is 1. The smallest absolute Gasteiger partial charge is 0.379 e. The lowest BCUT2D eigenvalue weighted by atomic mass is 10.2. The number of alkyl halides is 3. The lowest BCUT2D eigenvalue weighted by Gasteiger charge is -1.96. The Labute approximate surface area is 93.2 Å². The van der Waals surface area contributed by atoms with Crippen LogP contribution in [0.5, 0.6) is 5.75 Å². The number of hydrogen-bond acceptors (Lipinski definition) is 2. The first-order chi connectivity index (χ1) is 6.84. The molecular formula is C8H5Cl2F3O2. The van der Waals surface area contributed by atoms with Crippen LogP contribution in [0.15, 0.2) is 18.2 Å². The fourth-order valence-electron chi connectivity index (χ4n) is 0.629. The molecule has 0 heterocycles. The van der Waals surface area contributed by atoms with Crippen LogP contribution >= 0.6 is 23.2 Å². The lowest BCUT2D eigenvalue weighted by molar-refractivity contribution is 0.00819. The maximum absolute atomic E-state index is 10.5. The molecule has 2 nitrogen and oxygen atoms in total. The van der Waals surface area contributed by atoms with Crippen LogP contribution in [0.1, 0.15) is 10.4 Å². The minimum atomic E-state index is -3.67. The van der Waals surface area contributed by atoms with Crippen molar-refractivity contribution in [2.24, 2.45) is 0 Å². The highest BCUT2D eigenvalue weighted by molar-refractivity contribution is 6.67. The highest BCUT2D eigenvalue weighted by Gasteiger charge is 2.04. The lowest BCUT2D eigenvalue weighted by Crippen LogP contribution is -1.86. The molecule has 0 atom stereocenters. The summed E-state index contributed by atoms with van der Waals surface area (Å²) in [6.45, 7) is -3.67. The molecule has 15 heavy (non-hydrogen) atoms. The van der Waals surface area contributed by atoms with Crippen molar-refractivity contribution in [3.05, 3.63) is 28.8 Å². The summed E-state index contributed by atoms with van der Waals surface area (Å²) in [7, 11) is 0. The van der Waals surface area contributed by atoms with E-state index < -0.39 is 11.9 Å². The van der Waals surface area contributed by atoms with Gasteiger partial charge in [-0.05, 0) is 29.8 Å². The molecule has 0 bridgehead atoms. The van der Waals surface area contributed by atoms with Gasteiger partial charge in [-0.2, -0.15) is 13.2 Å². The average molecular weight is 261 g/mol. The Morgan fingerprint density at radius 1 is 1.33 bits per heavy atom. The van der Waals surface area contributed by atoms with Crippen LogP contribution in [0.25, 0.3) is 0 Å². The van der Waals surface area contributed by atoms with Gasteiger partial charge in [0, 0.05) is 5.56 Å². The van der Waals surface area contributed by atoms with Gasteiger partial charge in [0.1, 0.15) is 5.75 Å². The summed E-state index contributed by atoms with van der Waals surface area (Å²) in [6.07, 6.45) is 0. The second kappa shape index (κ2) is 6.53. The Balaban J connectivity index is 0.000000423. The molecule has 0 fully saturated rings. The van der Waals surface area contributed by atoms with E-state index >= 15 is 0 Å². The van der Waals surface area contributed by atoms with Crippen molar-refractivity contribution in [2.75, 3.05) is 0 Å². The van der Waals surface area contributed by atoms with Crippen molar-refractivity contribution in [3.8, 4) is 5.75 Å². The van der Waals surface area contributed by atoms with E-state index in [0.717, 1.165) is 0 Å². The van der Waals surface area contributed by atoms with Crippen LogP contribution in [0.2, 0.25) is 5.02 Å². The molecule has 0 saturated heterocycles. The molecule has 0 spiro atoms. The van der Waals surface area contributed by atoms with Gasteiger partial charge < -0.3 is 5.11 Å². The van der Waals surface area contributed by atoms with Gasteiger partial charge in [0.25, 0.3) is 5.24 Å². The Hall–Kier alpha value is -0.940. The standard InChI is InChI=1S/C7H4Cl2O2.CHF3/c8-5-3-4(7(9)11)1-2-6(5)10;2-1(3)4/h1-3,10H;1H. The predicted octanol–water partition coefficient (Wildman–Crippen LogP) is 3.60. The molecule has 84 valence electrons. The van der Waals surface area contributed by atoms with Crippen molar-refractivity contribution in [1.82, 2.24) is 0 Å². The van der Waals surface area contributed by atoms with E-state index in [1.54, 1.807) is 0 Å². The summed E-state index contributed by atoms with van der Waals surface area (Å²) < 4.78 is 29.0. The SMILES string of the molecule is FC(F)F.O=C(Cl)c1ccc(O)c(Cl)c1. The van der Waals surface area contributed by atoms with Gasteiger partial charge in [-0.15, -0.1) is 0 Å². The van der Waals surface area contributed by atoms with Gasteiger partial charge in [0.15, 0.2) is 0 Å². The molecule has 0 unspecified atom stereocenters. The number of phenols is 1. The van der Waals surface area contributed by atoms with E-state index in [0.29, 0.717) is 0 Å². The van der Waals surface area contributed by atoms with Gasteiger partial charge in [-0.1, -0.05) is 11.6 Å². The zero-order valence-corrected chi connectivity index (χ0v) is 8.57. The summed E-state index contributed by atoms with van der Waals surface area (Å²) in [6, 6.07) is 4.03. The second-order valence-corrected chi connectivity index (χ2v) is 2.94. The maximum atomic E-state index is 10.5. The highest BCUT2D eigenvalue weighted by Crippen LogP contribution is 2.24. The van der Waals surface area contributed by atoms with E-state index in [4.69, 9.17) is 28.3 Å². The third-order valence-corrected chi connectivity index (χ3v) is 1.70. The Morgan fingerprint density at radius 3 is 2.13 bits per heavy atom. The van der Waals surface area contributed by atoms with Crippen molar-refractivity contribution in [2.45, 2.75) is 6.68 Å². The summed E-state index contributed by atoms with van der Waals surface area (Å²) in [4.78, 5) is 10.5. The zero-order valence-electron chi connectivity index (χ0n) is 7.05. The molecule has 0 aliphatic carbocycles. The van der Waals surface area contributed by atoms with Crippen LogP contribution in [0, 0.1) is 0 Å². The Bertz CT molecular complexity index is 342. The van der Waals surface area contributed by atoms with E-state index in [-0.39, 0.29) is 16.3 Å². The van der Waals surface area contributed by atoms with Crippen LogP contribution in [0.3, 0.4) is 0 Å². The van der Waals surface area contributed by atoms with Crippen LogP contribution in [-0.4, -0.2) is 17.0 Å². The van der Waals surface area contributed by atoms with E-state index in [9.17, 15) is 18.0 Å². The van der Waals surface area contributed by atoms with Crippen molar-refractivity contribution in [1.29, 1.82) is 0 Å². The minimum Gasteiger partial charge on any atom is -0.506 e. The topological polar surface area (TPSA) is 37.3 Å². The van der Waals surface area contributed by atoms with E-state index in [1.807, 2.05) is 0 Å². The summed E-state index contributed by atoms with van der Waals surface area (Å²) in [5, 5.41) is 8.47. The second-order valence-electron chi connectivity index (χ2n) is 2.19. The fraction of sp³-hybridized carbons (Fsp3) is 0.125. The molecule has 0 aliphatic heterocycles. The van der Waals surface area contributed by atoms with Gasteiger partial charge in [0.2, 0.25) is 0 Å². The van der Waals surface area contributed by atoms with Crippen LogP contribution in [0.4, 0.5) is 13.2 Å². The van der Waals surface area contributed by atoms with E-state index in [2.05, 4.69) is 0 Å². The number of carbonyl (C=O) groups is 1. The third kappa shape index (κ3) is 6.19.